The van der Waals surface area contributed by atoms with Gasteiger partial charge < -0.3 is 5.32 Å². The standard InChI is InChI=1S/C17H20N2/c1-15(19-14-17-10-6-3-7-11-17)18-13-12-16-8-4-2-5-9-16/h2-11H,12-14H2,1H3,(H,18,19). The number of aliphatic imine (C=N–C) groups is 1. The molecule has 2 rings (SSSR count). The largest absolute Gasteiger partial charge is 0.374 e. The van der Waals surface area contributed by atoms with Gasteiger partial charge >= 0.3 is 0 Å². The van der Waals surface area contributed by atoms with Crippen molar-refractivity contribution in [2.45, 2.75) is 19.9 Å². The van der Waals surface area contributed by atoms with Crippen molar-refractivity contribution in [3.8, 4) is 0 Å². The van der Waals surface area contributed by atoms with E-state index in [1.807, 2.05) is 31.2 Å². The smallest absolute Gasteiger partial charge is 0.0935 e. The van der Waals surface area contributed by atoms with E-state index in [0.717, 1.165) is 25.3 Å². The summed E-state index contributed by atoms with van der Waals surface area (Å²) < 4.78 is 0. The molecular weight excluding hydrogens is 232 g/mol. The molecule has 2 heteroatoms. The molecule has 98 valence electrons. The maximum Gasteiger partial charge on any atom is 0.0935 e. The summed E-state index contributed by atoms with van der Waals surface area (Å²) in [4.78, 5) is 4.53. The molecule has 2 aromatic rings. The first-order valence-corrected chi connectivity index (χ1v) is 6.67. The lowest BCUT2D eigenvalue weighted by molar-refractivity contribution is 0.852. The highest BCUT2D eigenvalue weighted by molar-refractivity contribution is 5.79. The first-order valence-electron chi connectivity index (χ1n) is 6.67. The number of hydrogen-bond donors (Lipinski definition) is 1. The van der Waals surface area contributed by atoms with Gasteiger partial charge in [-0.15, -0.1) is 0 Å². The predicted octanol–water partition coefficient (Wildman–Crippen LogP) is 3.44. The maximum atomic E-state index is 4.53. The molecule has 0 aliphatic rings. The Morgan fingerprint density at radius 2 is 1.47 bits per heavy atom. The first-order chi connectivity index (χ1) is 9.34. The Bertz CT molecular complexity index is 503. The Balaban J connectivity index is 1.74. The SMILES string of the molecule is CC(=NCc1ccccc1)NCCc1ccccc1. The van der Waals surface area contributed by atoms with Gasteiger partial charge in [-0.3, -0.25) is 4.99 Å². The van der Waals surface area contributed by atoms with Crippen LogP contribution in [0.25, 0.3) is 0 Å². The van der Waals surface area contributed by atoms with E-state index in [1.165, 1.54) is 11.1 Å². The normalized spacial score (nSPS) is 11.3. The lowest BCUT2D eigenvalue weighted by Gasteiger charge is -2.06. The second-order valence-corrected chi connectivity index (χ2v) is 4.55. The third kappa shape index (κ3) is 4.96. The van der Waals surface area contributed by atoms with Crippen molar-refractivity contribution in [1.82, 2.24) is 5.32 Å². The molecule has 0 bridgehead atoms. The minimum Gasteiger partial charge on any atom is -0.374 e. The average molecular weight is 252 g/mol. The van der Waals surface area contributed by atoms with Crippen LogP contribution in [0.4, 0.5) is 0 Å². The van der Waals surface area contributed by atoms with Crippen LogP contribution in [0, 0.1) is 0 Å². The third-order valence-corrected chi connectivity index (χ3v) is 2.98. The van der Waals surface area contributed by atoms with Gasteiger partial charge in [-0.1, -0.05) is 60.7 Å². The molecule has 0 heterocycles. The minimum absolute atomic E-state index is 0.741. The molecule has 2 nitrogen and oxygen atoms in total. The lowest BCUT2D eigenvalue weighted by Crippen LogP contribution is -2.23. The molecule has 0 radical (unpaired) electrons. The fourth-order valence-electron chi connectivity index (χ4n) is 1.88. The number of rotatable bonds is 5. The fourth-order valence-corrected chi connectivity index (χ4v) is 1.88. The van der Waals surface area contributed by atoms with Gasteiger partial charge in [0.25, 0.3) is 0 Å². The predicted molar refractivity (Wildman–Crippen MR) is 81.4 cm³/mol. The van der Waals surface area contributed by atoms with Crippen LogP contribution >= 0.6 is 0 Å². The summed E-state index contributed by atoms with van der Waals surface area (Å²) in [6, 6.07) is 20.8. The topological polar surface area (TPSA) is 24.4 Å². The van der Waals surface area contributed by atoms with E-state index >= 15 is 0 Å². The summed E-state index contributed by atoms with van der Waals surface area (Å²) in [5.74, 6) is 1.000. The Kier molecular flexibility index (Phi) is 5.17. The van der Waals surface area contributed by atoms with Gasteiger partial charge in [0.2, 0.25) is 0 Å². The molecule has 0 fully saturated rings. The molecule has 2 aromatic carbocycles. The Morgan fingerprint density at radius 1 is 0.895 bits per heavy atom. The van der Waals surface area contributed by atoms with E-state index in [2.05, 4.69) is 46.7 Å². The van der Waals surface area contributed by atoms with Crippen LogP contribution in [-0.2, 0) is 13.0 Å². The summed E-state index contributed by atoms with van der Waals surface area (Å²) in [7, 11) is 0. The number of amidine groups is 1. The van der Waals surface area contributed by atoms with Crippen LogP contribution in [0.5, 0.6) is 0 Å². The average Bonchev–Trinajstić information content (AvgIpc) is 2.47. The second-order valence-electron chi connectivity index (χ2n) is 4.55. The van der Waals surface area contributed by atoms with Crippen LogP contribution in [0.2, 0.25) is 0 Å². The molecule has 0 amide bonds. The van der Waals surface area contributed by atoms with Crippen LogP contribution in [0.15, 0.2) is 65.7 Å². The van der Waals surface area contributed by atoms with E-state index in [4.69, 9.17) is 0 Å². The molecule has 0 aliphatic carbocycles. The fraction of sp³-hybridized carbons (Fsp3) is 0.235. The van der Waals surface area contributed by atoms with E-state index in [0.29, 0.717) is 0 Å². The Hall–Kier alpha value is -2.09. The Labute approximate surface area is 115 Å². The number of hydrogen-bond acceptors (Lipinski definition) is 1. The second kappa shape index (κ2) is 7.37. The summed E-state index contributed by atoms with van der Waals surface area (Å²) >= 11 is 0. The van der Waals surface area contributed by atoms with Gasteiger partial charge in [0, 0.05) is 6.54 Å². The molecule has 1 N–H and O–H groups in total. The molecular formula is C17H20N2. The highest BCUT2D eigenvalue weighted by Crippen LogP contribution is 2.00. The van der Waals surface area contributed by atoms with Gasteiger partial charge in [-0.2, -0.15) is 0 Å². The van der Waals surface area contributed by atoms with Crippen LogP contribution < -0.4 is 5.32 Å². The zero-order valence-electron chi connectivity index (χ0n) is 11.3. The van der Waals surface area contributed by atoms with Crippen molar-refractivity contribution in [3.05, 3.63) is 71.8 Å². The monoisotopic (exact) mass is 252 g/mol. The number of nitrogens with zero attached hydrogens (tertiary/aromatic N) is 1. The lowest BCUT2D eigenvalue weighted by atomic mass is 10.1. The van der Waals surface area contributed by atoms with Crippen molar-refractivity contribution < 1.29 is 0 Å². The molecule has 0 saturated heterocycles. The molecule has 0 spiro atoms. The van der Waals surface area contributed by atoms with Gasteiger partial charge in [-0.25, -0.2) is 0 Å². The van der Waals surface area contributed by atoms with E-state index < -0.39 is 0 Å². The maximum absolute atomic E-state index is 4.53. The quantitative estimate of drug-likeness (QED) is 0.640. The van der Waals surface area contributed by atoms with Crippen LogP contribution in [-0.4, -0.2) is 12.4 Å². The van der Waals surface area contributed by atoms with Crippen molar-refractivity contribution >= 4 is 5.84 Å². The van der Waals surface area contributed by atoms with Crippen LogP contribution in [0.3, 0.4) is 0 Å². The zero-order valence-corrected chi connectivity index (χ0v) is 11.3. The van der Waals surface area contributed by atoms with Gasteiger partial charge in [0.05, 0.1) is 12.4 Å². The van der Waals surface area contributed by atoms with Crippen LogP contribution in [0.1, 0.15) is 18.1 Å². The zero-order chi connectivity index (χ0) is 13.3. The summed E-state index contributed by atoms with van der Waals surface area (Å²) in [5, 5.41) is 3.35. The summed E-state index contributed by atoms with van der Waals surface area (Å²) in [6.45, 7) is 3.69. The van der Waals surface area contributed by atoms with E-state index in [1.54, 1.807) is 0 Å². The van der Waals surface area contributed by atoms with Gasteiger partial charge in [-0.05, 0) is 24.5 Å². The van der Waals surface area contributed by atoms with Crippen molar-refractivity contribution in [1.29, 1.82) is 0 Å². The number of benzene rings is 2. The minimum atomic E-state index is 0.741. The number of nitrogens with one attached hydrogen (secondary N) is 1. The van der Waals surface area contributed by atoms with E-state index in [9.17, 15) is 0 Å². The van der Waals surface area contributed by atoms with Gasteiger partial charge in [0.1, 0.15) is 0 Å². The summed E-state index contributed by atoms with van der Waals surface area (Å²) in [5.41, 5.74) is 2.59. The van der Waals surface area contributed by atoms with Crippen molar-refractivity contribution in [2.75, 3.05) is 6.54 Å². The molecule has 0 saturated carbocycles. The van der Waals surface area contributed by atoms with Crippen molar-refractivity contribution in [2.24, 2.45) is 4.99 Å². The molecule has 0 aromatic heterocycles. The summed E-state index contributed by atoms with van der Waals surface area (Å²) in [6.07, 6.45) is 1.03. The highest BCUT2D eigenvalue weighted by Gasteiger charge is 1.94. The Morgan fingerprint density at radius 3 is 2.11 bits per heavy atom. The molecule has 0 aliphatic heterocycles. The molecule has 19 heavy (non-hydrogen) atoms. The van der Waals surface area contributed by atoms with Gasteiger partial charge in [0.15, 0.2) is 0 Å². The highest BCUT2D eigenvalue weighted by atomic mass is 15.0. The first kappa shape index (κ1) is 13.3. The third-order valence-electron chi connectivity index (χ3n) is 2.98. The van der Waals surface area contributed by atoms with Crippen molar-refractivity contribution in [3.63, 3.8) is 0 Å². The molecule has 0 unspecified atom stereocenters. The molecule has 0 atom stereocenters. The van der Waals surface area contributed by atoms with E-state index in [-0.39, 0.29) is 0 Å².